The summed E-state index contributed by atoms with van der Waals surface area (Å²) in [6, 6.07) is 5.43. The van der Waals surface area contributed by atoms with Crippen molar-refractivity contribution in [3.05, 3.63) is 23.2 Å². The van der Waals surface area contributed by atoms with E-state index in [4.69, 9.17) is 22.1 Å². The lowest BCUT2D eigenvalue weighted by molar-refractivity contribution is 0.174. The Kier molecular flexibility index (Phi) is 6.39. The molecule has 0 aromatic heterocycles. The number of methoxy groups -OCH3 is 1. The Labute approximate surface area is 142 Å². The molecule has 112 valence electrons. The minimum atomic E-state index is 0. The van der Waals surface area contributed by atoms with E-state index in [1.165, 1.54) is 19.3 Å². The lowest BCUT2D eigenvalue weighted by Gasteiger charge is -2.36. The van der Waals surface area contributed by atoms with Crippen LogP contribution in [0.4, 0.5) is 5.69 Å². The average molecular weight is 410 g/mol. The fraction of sp³-hybridized carbons (Fsp3) is 0.500. The molecule has 0 saturated heterocycles. The van der Waals surface area contributed by atoms with Gasteiger partial charge in [0.25, 0.3) is 0 Å². The molecule has 1 aromatic carbocycles. The number of rotatable bonds is 4. The van der Waals surface area contributed by atoms with Crippen LogP contribution in [-0.4, -0.2) is 19.6 Å². The number of halogens is 2. The average Bonchev–Trinajstić information content (AvgIpc) is 2.34. The highest BCUT2D eigenvalue weighted by atomic mass is 127. The normalized spacial score (nSPS) is 16.9. The summed E-state index contributed by atoms with van der Waals surface area (Å²) in [4.78, 5) is 4.39. The summed E-state index contributed by atoms with van der Waals surface area (Å²) in [5.74, 6) is 1.07. The number of aliphatic imine (C=N–C) groups is 1. The largest absolute Gasteiger partial charge is 0.495 e. The molecule has 0 spiro atoms. The summed E-state index contributed by atoms with van der Waals surface area (Å²) in [5, 5.41) is 3.59. The highest BCUT2D eigenvalue weighted by Crippen LogP contribution is 2.40. The van der Waals surface area contributed by atoms with Crippen molar-refractivity contribution >= 4 is 47.2 Å². The molecule has 6 heteroatoms. The van der Waals surface area contributed by atoms with E-state index in [9.17, 15) is 0 Å². The molecule has 1 fully saturated rings. The highest BCUT2D eigenvalue weighted by molar-refractivity contribution is 14.0. The van der Waals surface area contributed by atoms with E-state index >= 15 is 0 Å². The molecule has 0 unspecified atom stereocenters. The lowest BCUT2D eigenvalue weighted by Crippen LogP contribution is -2.31. The van der Waals surface area contributed by atoms with Gasteiger partial charge in [-0.05, 0) is 36.5 Å². The summed E-state index contributed by atoms with van der Waals surface area (Å²) < 4.78 is 5.10. The number of hydrogen-bond acceptors (Lipinski definition) is 2. The first-order chi connectivity index (χ1) is 9.02. The summed E-state index contributed by atoms with van der Waals surface area (Å²) in [7, 11) is 1.59. The van der Waals surface area contributed by atoms with Crippen LogP contribution in [0.15, 0.2) is 23.2 Å². The number of hydrogen-bond donors (Lipinski definition) is 2. The Morgan fingerprint density at radius 1 is 1.50 bits per heavy atom. The van der Waals surface area contributed by atoms with Gasteiger partial charge in [0.15, 0.2) is 5.96 Å². The monoisotopic (exact) mass is 409 g/mol. The van der Waals surface area contributed by atoms with Gasteiger partial charge in [0.1, 0.15) is 5.75 Å². The lowest BCUT2D eigenvalue weighted by atomic mass is 9.71. The molecule has 1 aromatic rings. The molecule has 1 saturated carbocycles. The first kappa shape index (κ1) is 17.4. The van der Waals surface area contributed by atoms with Gasteiger partial charge in [0, 0.05) is 12.2 Å². The van der Waals surface area contributed by atoms with Crippen LogP contribution in [0.1, 0.15) is 26.2 Å². The fourth-order valence-electron chi connectivity index (χ4n) is 2.15. The zero-order valence-corrected chi connectivity index (χ0v) is 14.9. The van der Waals surface area contributed by atoms with Gasteiger partial charge in [-0.1, -0.05) is 24.9 Å². The van der Waals surface area contributed by atoms with Crippen LogP contribution < -0.4 is 15.8 Å². The molecule has 1 aliphatic rings. The number of benzene rings is 1. The van der Waals surface area contributed by atoms with E-state index < -0.39 is 0 Å². The minimum Gasteiger partial charge on any atom is -0.495 e. The first-order valence-corrected chi connectivity index (χ1v) is 6.81. The molecular formula is C14H21ClIN3O. The zero-order chi connectivity index (χ0) is 13.9. The SMILES string of the molecule is COc1ccc(NC(N)=NCC2(C)CCC2)cc1Cl.I. The number of nitrogens with two attached hydrogens (primary N) is 1. The van der Waals surface area contributed by atoms with Gasteiger partial charge in [-0.2, -0.15) is 0 Å². The topological polar surface area (TPSA) is 59.6 Å². The van der Waals surface area contributed by atoms with E-state index in [2.05, 4.69) is 17.2 Å². The third-order valence-electron chi connectivity index (χ3n) is 3.62. The third-order valence-corrected chi connectivity index (χ3v) is 3.91. The van der Waals surface area contributed by atoms with Gasteiger partial charge in [-0.3, -0.25) is 4.99 Å². The van der Waals surface area contributed by atoms with Crippen molar-refractivity contribution in [1.82, 2.24) is 0 Å². The van der Waals surface area contributed by atoms with Crippen LogP contribution in [-0.2, 0) is 0 Å². The molecule has 0 bridgehead atoms. The zero-order valence-electron chi connectivity index (χ0n) is 11.8. The number of anilines is 1. The van der Waals surface area contributed by atoms with Crippen LogP contribution >= 0.6 is 35.6 Å². The smallest absolute Gasteiger partial charge is 0.193 e. The van der Waals surface area contributed by atoms with E-state index in [0.29, 0.717) is 22.1 Å². The van der Waals surface area contributed by atoms with Crippen LogP contribution in [0.5, 0.6) is 5.75 Å². The second-order valence-corrected chi connectivity index (χ2v) is 5.75. The molecule has 1 aliphatic carbocycles. The molecule has 4 nitrogen and oxygen atoms in total. The molecule has 0 amide bonds. The first-order valence-electron chi connectivity index (χ1n) is 6.43. The van der Waals surface area contributed by atoms with Gasteiger partial charge in [-0.15, -0.1) is 24.0 Å². The quantitative estimate of drug-likeness (QED) is 0.451. The Balaban J connectivity index is 0.00000200. The number of guanidine groups is 1. The summed E-state index contributed by atoms with van der Waals surface area (Å²) in [6.45, 7) is 3.02. The van der Waals surface area contributed by atoms with Crippen molar-refractivity contribution in [3.63, 3.8) is 0 Å². The predicted octanol–water partition coefficient (Wildman–Crippen LogP) is 3.88. The minimum absolute atomic E-state index is 0. The molecule has 0 heterocycles. The summed E-state index contributed by atoms with van der Waals surface area (Å²) in [6.07, 6.45) is 3.77. The maximum atomic E-state index is 6.05. The standard InChI is InChI=1S/C14H20ClN3O.HI/c1-14(6-3-7-14)9-17-13(16)18-10-4-5-12(19-2)11(15)8-10;/h4-5,8H,3,6-7,9H2,1-2H3,(H3,16,17,18);1H. The van der Waals surface area contributed by atoms with E-state index in [-0.39, 0.29) is 24.0 Å². The number of ether oxygens (including phenoxy) is 1. The Morgan fingerprint density at radius 3 is 2.70 bits per heavy atom. The number of nitrogens with zero attached hydrogens (tertiary/aromatic N) is 1. The molecule has 2 rings (SSSR count). The predicted molar refractivity (Wildman–Crippen MR) is 95.5 cm³/mol. The summed E-state index contributed by atoms with van der Waals surface area (Å²) in [5.41, 5.74) is 7.02. The molecule has 0 atom stereocenters. The van der Waals surface area contributed by atoms with Crippen molar-refractivity contribution < 1.29 is 4.74 Å². The van der Waals surface area contributed by atoms with E-state index in [1.807, 2.05) is 6.07 Å². The second-order valence-electron chi connectivity index (χ2n) is 5.34. The summed E-state index contributed by atoms with van der Waals surface area (Å²) >= 11 is 6.05. The van der Waals surface area contributed by atoms with Gasteiger partial charge in [-0.25, -0.2) is 0 Å². The molecular weight excluding hydrogens is 389 g/mol. The van der Waals surface area contributed by atoms with Crippen molar-refractivity contribution in [1.29, 1.82) is 0 Å². The van der Waals surface area contributed by atoms with Crippen molar-refractivity contribution in [2.45, 2.75) is 26.2 Å². The molecule has 0 aliphatic heterocycles. The van der Waals surface area contributed by atoms with Gasteiger partial charge in [0.05, 0.1) is 12.1 Å². The second kappa shape index (κ2) is 7.36. The van der Waals surface area contributed by atoms with Crippen LogP contribution in [0.25, 0.3) is 0 Å². The van der Waals surface area contributed by atoms with E-state index in [0.717, 1.165) is 12.2 Å². The highest BCUT2D eigenvalue weighted by Gasteiger charge is 2.31. The molecule has 0 radical (unpaired) electrons. The number of nitrogens with one attached hydrogen (secondary N) is 1. The Bertz CT molecular complexity index is 489. The molecule has 3 N–H and O–H groups in total. The maximum Gasteiger partial charge on any atom is 0.193 e. The van der Waals surface area contributed by atoms with Crippen LogP contribution in [0.2, 0.25) is 5.02 Å². The van der Waals surface area contributed by atoms with Crippen molar-refractivity contribution in [2.75, 3.05) is 19.0 Å². The Morgan fingerprint density at radius 2 is 2.20 bits per heavy atom. The van der Waals surface area contributed by atoms with Gasteiger partial charge < -0.3 is 15.8 Å². The third kappa shape index (κ3) is 4.41. The van der Waals surface area contributed by atoms with Gasteiger partial charge >= 0.3 is 0 Å². The van der Waals surface area contributed by atoms with Crippen molar-refractivity contribution in [2.24, 2.45) is 16.1 Å². The van der Waals surface area contributed by atoms with Gasteiger partial charge in [0.2, 0.25) is 0 Å². The maximum absolute atomic E-state index is 6.05. The fourth-order valence-corrected chi connectivity index (χ4v) is 2.40. The van der Waals surface area contributed by atoms with E-state index in [1.54, 1.807) is 19.2 Å². The van der Waals surface area contributed by atoms with Crippen LogP contribution in [0, 0.1) is 5.41 Å². The van der Waals surface area contributed by atoms with Crippen LogP contribution in [0.3, 0.4) is 0 Å². The Hall–Kier alpha value is -0.690. The van der Waals surface area contributed by atoms with Crippen molar-refractivity contribution in [3.8, 4) is 5.75 Å². The molecule has 20 heavy (non-hydrogen) atoms.